The second-order valence-corrected chi connectivity index (χ2v) is 20.1. The number of hydrogen-bond acceptors (Lipinski definition) is 6. The Hall–Kier alpha value is -3.66. The second-order valence-electron chi connectivity index (χ2n) is 14.4. The largest absolute Gasteiger partial charge is 0.435 e. The van der Waals surface area contributed by atoms with Gasteiger partial charge in [0.15, 0.2) is 0 Å². The van der Waals surface area contributed by atoms with Crippen molar-refractivity contribution in [1.29, 1.82) is 0 Å². The Morgan fingerprint density at radius 1 is 0.312 bits per heavy atom. The van der Waals surface area contributed by atoms with Crippen LogP contribution in [0.1, 0.15) is 66.8 Å². The van der Waals surface area contributed by atoms with Crippen LogP contribution in [0.5, 0.6) is 0 Å². The fraction of sp³-hybridized carbons (Fsp3) is 0.300. The van der Waals surface area contributed by atoms with Crippen LogP contribution in [0, 0.1) is 83.1 Å². The van der Waals surface area contributed by atoms with E-state index in [4.69, 9.17) is 0 Å². The second kappa shape index (κ2) is 11.5. The van der Waals surface area contributed by atoms with Gasteiger partial charge in [0.1, 0.15) is 0 Å². The van der Waals surface area contributed by atoms with Gasteiger partial charge < -0.3 is 0 Å². The van der Waals surface area contributed by atoms with Gasteiger partial charge in [0.25, 0.3) is 0 Å². The lowest BCUT2D eigenvalue weighted by atomic mass is 10.1. The molecule has 0 amide bonds. The summed E-state index contributed by atoms with van der Waals surface area (Å²) in [5.41, 5.74) is 20.5. The SMILES string of the molecule is Cc1cc(C)c(N2C=CN(c3c(C)cc(C)cc3C)[P+]23N[P+]2(N3)N(c3c(C)cc(C)cc3C)C=CN2c2c(C)cc(C)cc2C)c(C)c1. The number of rotatable bonds is 4. The van der Waals surface area contributed by atoms with Crippen molar-refractivity contribution in [2.24, 2.45) is 0 Å². The lowest BCUT2D eigenvalue weighted by Gasteiger charge is -2.49. The molecule has 0 aliphatic carbocycles. The Labute approximate surface area is 289 Å². The number of nitrogens with one attached hydrogen (secondary N) is 2. The van der Waals surface area contributed by atoms with Crippen molar-refractivity contribution in [2.45, 2.75) is 83.1 Å². The van der Waals surface area contributed by atoms with Gasteiger partial charge >= 0.3 is 15.7 Å². The molecule has 3 heterocycles. The summed E-state index contributed by atoms with van der Waals surface area (Å²) in [5.74, 6) is 0. The monoisotopic (exact) mass is 676 g/mol. The summed E-state index contributed by atoms with van der Waals surface area (Å²) >= 11 is 0. The Morgan fingerprint density at radius 2 is 0.479 bits per heavy atom. The molecule has 0 radical (unpaired) electrons. The summed E-state index contributed by atoms with van der Waals surface area (Å²) in [5, 5.41) is 0. The maximum absolute atomic E-state index is 4.49. The highest BCUT2D eigenvalue weighted by Gasteiger charge is 2.86. The fourth-order valence-corrected chi connectivity index (χ4v) is 18.7. The molecule has 6 nitrogen and oxygen atoms in total. The van der Waals surface area contributed by atoms with E-state index in [0.29, 0.717) is 0 Å². The summed E-state index contributed by atoms with van der Waals surface area (Å²) in [6, 6.07) is 18.5. The molecule has 1 saturated heterocycles. The Balaban J connectivity index is 1.46. The van der Waals surface area contributed by atoms with Crippen LogP contribution in [0.4, 0.5) is 22.7 Å². The number of hydrogen-bond donors (Lipinski definition) is 2. The van der Waals surface area contributed by atoms with Crippen LogP contribution in [0.25, 0.3) is 0 Å². The van der Waals surface area contributed by atoms with Gasteiger partial charge in [0.2, 0.25) is 0 Å². The van der Waals surface area contributed by atoms with Gasteiger partial charge in [-0.1, -0.05) is 70.8 Å². The Kier molecular flexibility index (Phi) is 7.85. The molecule has 4 aromatic rings. The first-order chi connectivity index (χ1) is 22.7. The molecule has 3 aliphatic heterocycles. The number of anilines is 4. The normalized spacial score (nSPS) is 17.4. The van der Waals surface area contributed by atoms with Crippen molar-refractivity contribution < 1.29 is 0 Å². The van der Waals surface area contributed by atoms with Gasteiger partial charge in [-0.05, 0) is 128 Å². The molecule has 48 heavy (non-hydrogen) atoms. The molecule has 7 rings (SSSR count). The lowest BCUT2D eigenvalue weighted by molar-refractivity contribution is 1.08. The zero-order chi connectivity index (χ0) is 34.4. The average Bonchev–Trinajstić information content (AvgIpc) is 3.48. The molecule has 3 aliphatic rings. The highest BCUT2D eigenvalue weighted by molar-refractivity contribution is 8.03. The Bertz CT molecular complexity index is 1680. The molecule has 0 bridgehead atoms. The van der Waals surface area contributed by atoms with E-state index in [0.717, 1.165) is 0 Å². The van der Waals surface area contributed by atoms with Crippen LogP contribution >= 0.6 is 15.7 Å². The first-order valence-electron chi connectivity index (χ1n) is 16.9. The zero-order valence-corrected chi connectivity index (χ0v) is 32.4. The minimum Gasteiger partial charge on any atom is -0.166 e. The number of benzene rings is 4. The molecule has 2 spiro atoms. The maximum atomic E-state index is 4.49. The topological polar surface area (TPSA) is 37.0 Å². The molecule has 2 N–H and O–H groups in total. The van der Waals surface area contributed by atoms with E-state index in [1.54, 1.807) is 0 Å². The van der Waals surface area contributed by atoms with E-state index in [-0.39, 0.29) is 0 Å². The number of nitrogens with zero attached hydrogens (tertiary/aromatic N) is 4. The standard InChI is InChI=1S/C40H50N6P2/c1-25-17-29(5)37(30(6)18-25)43-13-14-44(38-31(7)19-26(2)20-32(38)8)47(43)41-48(42-47)45(39-33(9)21-27(3)22-34(39)10)15-16-46(48)40-35(11)23-28(4)24-36(40)12/h13-24,41-42H,1-12H3/q+2. The minimum absolute atomic E-state index is 1.27. The van der Waals surface area contributed by atoms with Gasteiger partial charge in [0.05, 0.1) is 57.3 Å². The van der Waals surface area contributed by atoms with E-state index in [1.165, 1.54) is 89.5 Å². The predicted molar refractivity (Wildman–Crippen MR) is 211 cm³/mol. The molecular weight excluding hydrogens is 626 g/mol. The van der Waals surface area contributed by atoms with E-state index in [2.05, 4.69) is 185 Å². The fourth-order valence-electron chi connectivity index (χ4n) is 8.63. The highest BCUT2D eigenvalue weighted by atomic mass is 31.3. The van der Waals surface area contributed by atoms with Crippen LogP contribution in [-0.2, 0) is 0 Å². The third-order valence-electron chi connectivity index (χ3n) is 9.96. The van der Waals surface area contributed by atoms with E-state index in [1.807, 2.05) is 0 Å². The lowest BCUT2D eigenvalue weighted by Crippen LogP contribution is -2.61. The summed E-state index contributed by atoms with van der Waals surface area (Å²) < 4.78 is 10.2. The molecule has 0 aromatic heterocycles. The maximum Gasteiger partial charge on any atom is 0.435 e. The number of aryl methyl sites for hydroxylation is 12. The molecule has 1 fully saturated rings. The molecule has 0 saturated carbocycles. The van der Waals surface area contributed by atoms with Crippen LogP contribution in [-0.4, -0.2) is 0 Å². The molecular formula is C40H50N6P2+2. The van der Waals surface area contributed by atoms with Crippen LogP contribution in [0.3, 0.4) is 0 Å². The van der Waals surface area contributed by atoms with E-state index < -0.39 is 15.7 Å². The van der Waals surface area contributed by atoms with Gasteiger partial charge in [-0.25, -0.2) is 0 Å². The van der Waals surface area contributed by atoms with Crippen molar-refractivity contribution in [3.8, 4) is 0 Å². The van der Waals surface area contributed by atoms with Crippen LogP contribution < -0.4 is 28.4 Å². The third-order valence-corrected chi connectivity index (χ3v) is 18.3. The van der Waals surface area contributed by atoms with Crippen molar-refractivity contribution in [2.75, 3.05) is 18.7 Å². The Morgan fingerprint density at radius 3 is 0.646 bits per heavy atom. The smallest absolute Gasteiger partial charge is 0.166 e. The summed E-state index contributed by atoms with van der Waals surface area (Å²) in [7, 11) is -4.90. The average molecular weight is 677 g/mol. The minimum atomic E-state index is -2.45. The van der Waals surface area contributed by atoms with Crippen molar-refractivity contribution in [3.05, 3.63) is 140 Å². The van der Waals surface area contributed by atoms with Crippen molar-refractivity contribution >= 4 is 38.5 Å². The zero-order valence-electron chi connectivity index (χ0n) is 30.6. The molecule has 0 unspecified atom stereocenters. The van der Waals surface area contributed by atoms with E-state index >= 15 is 0 Å². The highest BCUT2D eigenvalue weighted by Crippen LogP contribution is 2.88. The summed E-state index contributed by atoms with van der Waals surface area (Å²) in [6.07, 6.45) is 9.21. The van der Waals surface area contributed by atoms with Crippen LogP contribution in [0.2, 0.25) is 0 Å². The van der Waals surface area contributed by atoms with Crippen molar-refractivity contribution in [1.82, 2.24) is 9.72 Å². The van der Waals surface area contributed by atoms with E-state index in [9.17, 15) is 0 Å². The summed E-state index contributed by atoms with van der Waals surface area (Å²) in [6.45, 7) is 26.8. The molecule has 248 valence electrons. The first kappa shape index (κ1) is 32.9. The van der Waals surface area contributed by atoms with Gasteiger partial charge in [-0.3, -0.25) is 0 Å². The molecule has 0 atom stereocenters. The molecule has 4 aromatic carbocycles. The third kappa shape index (κ3) is 4.83. The van der Waals surface area contributed by atoms with Gasteiger partial charge in [-0.15, -0.1) is 0 Å². The predicted octanol–water partition coefficient (Wildman–Crippen LogP) is 11.2. The van der Waals surface area contributed by atoms with Gasteiger partial charge in [0, 0.05) is 0 Å². The van der Waals surface area contributed by atoms with Crippen LogP contribution in [0.15, 0.2) is 73.3 Å². The summed E-state index contributed by atoms with van der Waals surface area (Å²) in [4.78, 5) is 8.98. The van der Waals surface area contributed by atoms with Crippen molar-refractivity contribution in [3.63, 3.8) is 0 Å². The quantitative estimate of drug-likeness (QED) is 0.210. The first-order valence-corrected chi connectivity index (χ1v) is 20.3. The molecule has 8 heteroatoms. The van der Waals surface area contributed by atoms with Gasteiger partial charge in [-0.2, -0.15) is 18.7 Å².